The number of rotatable bonds is 1. The van der Waals surface area contributed by atoms with Crippen molar-refractivity contribution in [2.45, 2.75) is 56.5 Å². The molecule has 2 aliphatic rings. The minimum Gasteiger partial charge on any atom is -0.374 e. The van der Waals surface area contributed by atoms with Crippen LogP contribution in [0.25, 0.3) is 0 Å². The standard InChI is InChI=1S/C16H26BrN3O/c1-15(2,3)20-10-11-9-16(5-7-18-8-6-16)14(17)13(21-4)12(11)19-20/h10,13-14,18H,5-9H2,1-4H3. The summed E-state index contributed by atoms with van der Waals surface area (Å²) in [5.74, 6) is 0. The highest BCUT2D eigenvalue weighted by Gasteiger charge is 2.48. The number of nitrogens with one attached hydrogen (secondary N) is 1. The first-order chi connectivity index (χ1) is 9.87. The van der Waals surface area contributed by atoms with Crippen LogP contribution in [0.15, 0.2) is 6.20 Å². The minimum atomic E-state index is 0.0126. The van der Waals surface area contributed by atoms with E-state index in [0.29, 0.717) is 10.2 Å². The Kier molecular flexibility index (Phi) is 3.95. The van der Waals surface area contributed by atoms with Gasteiger partial charge in [-0.05, 0) is 64.1 Å². The Hall–Kier alpha value is -0.390. The monoisotopic (exact) mass is 355 g/mol. The molecule has 5 heteroatoms. The molecule has 118 valence electrons. The van der Waals surface area contributed by atoms with E-state index >= 15 is 0 Å². The summed E-state index contributed by atoms with van der Waals surface area (Å²) in [6.45, 7) is 8.78. The van der Waals surface area contributed by atoms with E-state index in [0.717, 1.165) is 25.2 Å². The highest BCUT2D eigenvalue weighted by molar-refractivity contribution is 9.09. The molecule has 1 aliphatic carbocycles. The lowest BCUT2D eigenvalue weighted by molar-refractivity contribution is 0.0322. The zero-order chi connectivity index (χ0) is 15.3. The summed E-state index contributed by atoms with van der Waals surface area (Å²) in [7, 11) is 1.80. The average molecular weight is 356 g/mol. The van der Waals surface area contributed by atoms with Gasteiger partial charge < -0.3 is 10.1 Å². The minimum absolute atomic E-state index is 0.0126. The molecule has 2 atom stereocenters. The van der Waals surface area contributed by atoms with Crippen molar-refractivity contribution in [1.82, 2.24) is 15.1 Å². The SMILES string of the molecule is COC1c2nn(C(C)(C)C)cc2CC2(CCNCC2)C1Br. The largest absolute Gasteiger partial charge is 0.374 e. The molecule has 1 aromatic rings. The quantitative estimate of drug-likeness (QED) is 0.787. The third-order valence-electron chi connectivity index (χ3n) is 5.03. The Bertz CT molecular complexity index is 514. The van der Waals surface area contributed by atoms with Crippen LogP contribution in [0, 0.1) is 5.41 Å². The molecule has 1 aromatic heterocycles. The van der Waals surface area contributed by atoms with Gasteiger partial charge in [-0.15, -0.1) is 0 Å². The fraction of sp³-hybridized carbons (Fsp3) is 0.812. The van der Waals surface area contributed by atoms with Crippen molar-refractivity contribution in [1.29, 1.82) is 0 Å². The zero-order valence-electron chi connectivity index (χ0n) is 13.4. The van der Waals surface area contributed by atoms with Gasteiger partial charge in [0.05, 0.1) is 16.1 Å². The fourth-order valence-corrected chi connectivity index (χ4v) is 4.77. The second-order valence-electron chi connectivity index (χ2n) is 7.50. The summed E-state index contributed by atoms with van der Waals surface area (Å²) in [6, 6.07) is 0. The summed E-state index contributed by atoms with van der Waals surface area (Å²) < 4.78 is 7.94. The molecule has 1 saturated heterocycles. The van der Waals surface area contributed by atoms with Crippen LogP contribution in [0.4, 0.5) is 0 Å². The van der Waals surface area contributed by atoms with Gasteiger partial charge in [-0.25, -0.2) is 0 Å². The van der Waals surface area contributed by atoms with Crippen molar-refractivity contribution in [2.24, 2.45) is 5.41 Å². The second-order valence-corrected chi connectivity index (χ2v) is 8.49. The van der Waals surface area contributed by atoms with Crippen molar-refractivity contribution < 1.29 is 4.74 Å². The molecule has 4 nitrogen and oxygen atoms in total. The normalized spacial score (nSPS) is 28.6. The lowest BCUT2D eigenvalue weighted by Crippen LogP contribution is -2.48. The van der Waals surface area contributed by atoms with Crippen molar-refractivity contribution >= 4 is 15.9 Å². The van der Waals surface area contributed by atoms with E-state index in [2.05, 4.69) is 52.9 Å². The van der Waals surface area contributed by atoms with Gasteiger partial charge in [0.25, 0.3) is 0 Å². The molecule has 0 saturated carbocycles. The number of halogens is 1. The van der Waals surface area contributed by atoms with Crippen LogP contribution in [-0.2, 0) is 16.7 Å². The Morgan fingerprint density at radius 3 is 2.62 bits per heavy atom. The molecule has 0 bridgehead atoms. The number of alkyl halides is 1. The molecular formula is C16H26BrN3O. The molecular weight excluding hydrogens is 330 g/mol. The smallest absolute Gasteiger partial charge is 0.114 e. The number of hydrogen-bond acceptors (Lipinski definition) is 3. The Balaban J connectivity index is 2.02. The van der Waals surface area contributed by atoms with Gasteiger partial charge in [0.15, 0.2) is 0 Å². The second kappa shape index (κ2) is 5.36. The third-order valence-corrected chi connectivity index (χ3v) is 6.48. The molecule has 1 spiro atoms. The number of aromatic nitrogens is 2. The van der Waals surface area contributed by atoms with Gasteiger partial charge in [-0.1, -0.05) is 15.9 Å². The number of piperidine rings is 1. The molecule has 1 N–H and O–H groups in total. The fourth-order valence-electron chi connectivity index (χ4n) is 3.69. The first kappa shape index (κ1) is 15.5. The maximum absolute atomic E-state index is 5.84. The van der Waals surface area contributed by atoms with Crippen molar-refractivity contribution in [3.8, 4) is 0 Å². The van der Waals surface area contributed by atoms with E-state index in [-0.39, 0.29) is 11.6 Å². The molecule has 21 heavy (non-hydrogen) atoms. The van der Waals surface area contributed by atoms with E-state index < -0.39 is 0 Å². The van der Waals surface area contributed by atoms with Crippen LogP contribution in [0.2, 0.25) is 0 Å². The van der Waals surface area contributed by atoms with Crippen molar-refractivity contribution in [2.75, 3.05) is 20.2 Å². The maximum Gasteiger partial charge on any atom is 0.114 e. The molecule has 0 aromatic carbocycles. The predicted molar refractivity (Wildman–Crippen MR) is 87.9 cm³/mol. The number of fused-ring (bicyclic) bond motifs is 1. The Labute approximate surface area is 135 Å². The van der Waals surface area contributed by atoms with Gasteiger partial charge >= 0.3 is 0 Å². The molecule has 2 unspecified atom stereocenters. The van der Waals surface area contributed by atoms with E-state index in [1.54, 1.807) is 7.11 Å². The molecule has 3 rings (SSSR count). The lowest BCUT2D eigenvalue weighted by Gasteiger charge is -2.46. The lowest BCUT2D eigenvalue weighted by atomic mass is 9.67. The number of nitrogens with zero attached hydrogens (tertiary/aromatic N) is 2. The van der Waals surface area contributed by atoms with E-state index in [9.17, 15) is 0 Å². The number of ether oxygens (including phenoxy) is 1. The van der Waals surface area contributed by atoms with Gasteiger partial charge in [-0.2, -0.15) is 5.10 Å². The molecule has 0 amide bonds. The number of methoxy groups -OCH3 is 1. The van der Waals surface area contributed by atoms with E-state index in [1.807, 2.05) is 0 Å². The highest BCUT2D eigenvalue weighted by Crippen LogP contribution is 2.51. The zero-order valence-corrected chi connectivity index (χ0v) is 15.0. The van der Waals surface area contributed by atoms with Crippen LogP contribution < -0.4 is 5.32 Å². The predicted octanol–water partition coefficient (Wildman–Crippen LogP) is 3.02. The number of hydrogen-bond donors (Lipinski definition) is 1. The van der Waals surface area contributed by atoms with Gasteiger partial charge in [0.1, 0.15) is 6.10 Å². The van der Waals surface area contributed by atoms with Crippen LogP contribution >= 0.6 is 15.9 Å². The summed E-state index contributed by atoms with van der Waals surface area (Å²) in [5.41, 5.74) is 2.80. The van der Waals surface area contributed by atoms with Crippen molar-refractivity contribution in [3.63, 3.8) is 0 Å². The Morgan fingerprint density at radius 2 is 2.05 bits per heavy atom. The van der Waals surface area contributed by atoms with Crippen LogP contribution in [0.3, 0.4) is 0 Å². The summed E-state index contributed by atoms with van der Waals surface area (Å²) in [4.78, 5) is 0.341. The Morgan fingerprint density at radius 1 is 1.38 bits per heavy atom. The molecule has 1 fully saturated rings. The van der Waals surface area contributed by atoms with Gasteiger partial charge in [0.2, 0.25) is 0 Å². The molecule has 2 heterocycles. The maximum atomic E-state index is 5.84. The van der Waals surface area contributed by atoms with Gasteiger partial charge in [0, 0.05) is 13.3 Å². The van der Waals surface area contributed by atoms with E-state index in [4.69, 9.17) is 9.84 Å². The summed E-state index contributed by atoms with van der Waals surface area (Å²) in [6.07, 6.45) is 5.79. The highest BCUT2D eigenvalue weighted by atomic mass is 79.9. The van der Waals surface area contributed by atoms with Crippen LogP contribution in [0.5, 0.6) is 0 Å². The molecule has 0 radical (unpaired) electrons. The summed E-state index contributed by atoms with van der Waals surface area (Å²) >= 11 is 3.96. The first-order valence-electron chi connectivity index (χ1n) is 7.84. The topological polar surface area (TPSA) is 39.1 Å². The van der Waals surface area contributed by atoms with Crippen molar-refractivity contribution in [3.05, 3.63) is 17.5 Å². The first-order valence-corrected chi connectivity index (χ1v) is 8.75. The third kappa shape index (κ3) is 2.57. The summed E-state index contributed by atoms with van der Waals surface area (Å²) in [5, 5.41) is 8.33. The van der Waals surface area contributed by atoms with Crippen LogP contribution in [-0.4, -0.2) is 34.8 Å². The van der Waals surface area contributed by atoms with Crippen LogP contribution in [0.1, 0.15) is 51.0 Å². The van der Waals surface area contributed by atoms with Gasteiger partial charge in [-0.3, -0.25) is 4.68 Å². The van der Waals surface area contributed by atoms with E-state index in [1.165, 1.54) is 18.4 Å². The average Bonchev–Trinajstić information content (AvgIpc) is 2.84. The molecule has 1 aliphatic heterocycles.